The summed E-state index contributed by atoms with van der Waals surface area (Å²) in [6.07, 6.45) is 1.59. The van der Waals surface area contributed by atoms with E-state index in [2.05, 4.69) is 6.92 Å². The number of carbonyl (C=O) groups is 1. The molecule has 4 rings (SSSR count). The largest absolute Gasteiger partial charge is 0.311 e. The SMILES string of the molecule is CC(=O)N1CC[C@H](C)Sc2ccc(S(=O)(=O)N3CCc4ccccc43)cc21. The minimum absolute atomic E-state index is 0.0629. The van der Waals surface area contributed by atoms with Crippen LogP contribution in [0.1, 0.15) is 25.8 Å². The number of sulfonamides is 1. The van der Waals surface area contributed by atoms with Crippen molar-refractivity contribution in [3.05, 3.63) is 48.0 Å². The molecule has 1 atom stereocenters. The van der Waals surface area contributed by atoms with Crippen molar-refractivity contribution in [3.63, 3.8) is 0 Å². The molecule has 0 spiro atoms. The average molecular weight is 403 g/mol. The molecule has 2 heterocycles. The van der Waals surface area contributed by atoms with Gasteiger partial charge in [-0.1, -0.05) is 25.1 Å². The molecule has 7 heteroatoms. The first-order valence-electron chi connectivity index (χ1n) is 9.07. The van der Waals surface area contributed by atoms with Crippen molar-refractivity contribution < 1.29 is 13.2 Å². The summed E-state index contributed by atoms with van der Waals surface area (Å²) in [4.78, 5) is 15.0. The summed E-state index contributed by atoms with van der Waals surface area (Å²) in [5, 5.41) is 0.376. The standard InChI is InChI=1S/C20H22N2O3S2/c1-14-9-11-21(15(2)23)19-13-17(7-8-20(19)26-14)27(24,25)22-12-10-16-5-3-4-6-18(16)22/h3-8,13-14H,9-12H2,1-2H3/t14-/m0/s1. The summed E-state index contributed by atoms with van der Waals surface area (Å²) < 4.78 is 28.1. The van der Waals surface area contributed by atoms with Crippen molar-refractivity contribution in [2.75, 3.05) is 22.3 Å². The highest BCUT2D eigenvalue weighted by Gasteiger charge is 2.32. The summed E-state index contributed by atoms with van der Waals surface area (Å²) in [6, 6.07) is 12.8. The van der Waals surface area contributed by atoms with E-state index < -0.39 is 10.0 Å². The third kappa shape index (κ3) is 3.23. The van der Waals surface area contributed by atoms with Gasteiger partial charge in [-0.15, -0.1) is 11.8 Å². The van der Waals surface area contributed by atoms with Crippen LogP contribution in [-0.4, -0.2) is 32.7 Å². The highest BCUT2D eigenvalue weighted by molar-refractivity contribution is 8.00. The van der Waals surface area contributed by atoms with E-state index in [9.17, 15) is 13.2 Å². The number of nitrogens with zero attached hydrogens (tertiary/aromatic N) is 2. The third-order valence-electron chi connectivity index (χ3n) is 5.12. The van der Waals surface area contributed by atoms with E-state index in [0.717, 1.165) is 22.6 Å². The minimum Gasteiger partial charge on any atom is -0.311 e. The van der Waals surface area contributed by atoms with Crippen LogP contribution in [0.3, 0.4) is 0 Å². The zero-order chi connectivity index (χ0) is 19.2. The maximum absolute atomic E-state index is 13.3. The Morgan fingerprint density at radius 3 is 2.67 bits per heavy atom. The fourth-order valence-corrected chi connectivity index (χ4v) is 6.30. The van der Waals surface area contributed by atoms with Crippen LogP contribution < -0.4 is 9.21 Å². The molecule has 2 aliphatic heterocycles. The molecule has 0 aromatic heterocycles. The summed E-state index contributed by atoms with van der Waals surface area (Å²) in [5.74, 6) is -0.0629. The molecule has 2 aromatic carbocycles. The number of carbonyl (C=O) groups excluding carboxylic acids is 1. The number of hydrogen-bond acceptors (Lipinski definition) is 4. The highest BCUT2D eigenvalue weighted by atomic mass is 32.2. The van der Waals surface area contributed by atoms with Crippen LogP contribution >= 0.6 is 11.8 Å². The zero-order valence-electron chi connectivity index (χ0n) is 15.4. The second-order valence-electron chi connectivity index (χ2n) is 6.97. The Hall–Kier alpha value is -1.99. The predicted octanol–water partition coefficient (Wildman–Crippen LogP) is 3.68. The van der Waals surface area contributed by atoms with Gasteiger partial charge >= 0.3 is 0 Å². The van der Waals surface area contributed by atoms with E-state index in [1.165, 1.54) is 11.2 Å². The second kappa shape index (κ2) is 6.87. The van der Waals surface area contributed by atoms with E-state index in [-0.39, 0.29) is 10.8 Å². The van der Waals surface area contributed by atoms with E-state index in [1.807, 2.05) is 30.3 Å². The number of anilines is 2. The molecule has 2 aliphatic rings. The number of para-hydroxylation sites is 1. The molecule has 0 saturated heterocycles. The van der Waals surface area contributed by atoms with E-state index in [0.29, 0.717) is 30.4 Å². The van der Waals surface area contributed by atoms with Crippen LogP contribution in [0.15, 0.2) is 52.3 Å². The van der Waals surface area contributed by atoms with Crippen LogP contribution in [0.2, 0.25) is 0 Å². The number of rotatable bonds is 2. The molecule has 5 nitrogen and oxygen atoms in total. The quantitative estimate of drug-likeness (QED) is 0.769. The van der Waals surface area contributed by atoms with Crippen molar-refractivity contribution in [3.8, 4) is 0 Å². The topological polar surface area (TPSA) is 57.7 Å². The summed E-state index contributed by atoms with van der Waals surface area (Å²) >= 11 is 1.69. The van der Waals surface area contributed by atoms with Gasteiger partial charge in [0.25, 0.3) is 10.0 Å². The zero-order valence-corrected chi connectivity index (χ0v) is 17.0. The van der Waals surface area contributed by atoms with Crippen molar-refractivity contribution in [1.82, 2.24) is 0 Å². The Morgan fingerprint density at radius 1 is 1.11 bits per heavy atom. The fraction of sp³-hybridized carbons (Fsp3) is 0.350. The number of thioether (sulfide) groups is 1. The predicted molar refractivity (Wildman–Crippen MR) is 109 cm³/mol. The van der Waals surface area contributed by atoms with E-state index in [1.54, 1.807) is 28.8 Å². The molecule has 0 radical (unpaired) electrons. The summed E-state index contributed by atoms with van der Waals surface area (Å²) in [5.41, 5.74) is 2.50. The van der Waals surface area contributed by atoms with Gasteiger partial charge in [0.2, 0.25) is 5.91 Å². The summed E-state index contributed by atoms with van der Waals surface area (Å²) in [6.45, 7) is 4.71. The highest BCUT2D eigenvalue weighted by Crippen LogP contribution is 2.40. The monoisotopic (exact) mass is 402 g/mol. The number of hydrogen-bond donors (Lipinski definition) is 0. The Labute approximate surface area is 164 Å². The molecule has 1 amide bonds. The van der Waals surface area contributed by atoms with Gasteiger partial charge in [-0.05, 0) is 42.7 Å². The van der Waals surface area contributed by atoms with Gasteiger partial charge in [0, 0.05) is 30.2 Å². The molecule has 2 aromatic rings. The lowest BCUT2D eigenvalue weighted by Gasteiger charge is -2.23. The molecular formula is C20H22N2O3S2. The second-order valence-corrected chi connectivity index (χ2v) is 10.3. The van der Waals surface area contributed by atoms with Gasteiger partial charge in [0.05, 0.1) is 16.3 Å². The molecule has 0 saturated carbocycles. The molecule has 0 aliphatic carbocycles. The lowest BCUT2D eigenvalue weighted by molar-refractivity contribution is -0.116. The molecule has 0 unspecified atom stereocenters. The molecule has 0 bridgehead atoms. The average Bonchev–Trinajstić information content (AvgIpc) is 2.99. The van der Waals surface area contributed by atoms with E-state index >= 15 is 0 Å². The van der Waals surface area contributed by atoms with E-state index in [4.69, 9.17) is 0 Å². The fourth-order valence-electron chi connectivity index (χ4n) is 3.69. The number of amides is 1. The van der Waals surface area contributed by atoms with Gasteiger partial charge in [-0.3, -0.25) is 9.10 Å². The number of benzene rings is 2. The first kappa shape index (κ1) is 18.4. The van der Waals surface area contributed by atoms with Gasteiger partial charge < -0.3 is 4.90 Å². The third-order valence-corrected chi connectivity index (χ3v) is 8.17. The van der Waals surface area contributed by atoms with Gasteiger partial charge in [-0.2, -0.15) is 0 Å². The van der Waals surface area contributed by atoms with Crippen LogP contribution in [-0.2, 0) is 21.2 Å². The van der Waals surface area contributed by atoms with Crippen molar-refractivity contribution in [1.29, 1.82) is 0 Å². The first-order valence-corrected chi connectivity index (χ1v) is 11.4. The first-order chi connectivity index (χ1) is 12.9. The molecule has 0 fully saturated rings. The Bertz CT molecular complexity index is 1000. The maximum atomic E-state index is 13.3. The van der Waals surface area contributed by atoms with Crippen LogP contribution in [0, 0.1) is 0 Å². The van der Waals surface area contributed by atoms with Crippen molar-refractivity contribution >= 4 is 39.1 Å². The molecule has 0 N–H and O–H groups in total. The maximum Gasteiger partial charge on any atom is 0.264 e. The molecule has 27 heavy (non-hydrogen) atoms. The van der Waals surface area contributed by atoms with Gasteiger partial charge in [-0.25, -0.2) is 8.42 Å². The molecular weight excluding hydrogens is 380 g/mol. The van der Waals surface area contributed by atoms with Crippen LogP contribution in [0.4, 0.5) is 11.4 Å². The Morgan fingerprint density at radius 2 is 1.89 bits per heavy atom. The summed E-state index contributed by atoms with van der Waals surface area (Å²) in [7, 11) is -3.67. The van der Waals surface area contributed by atoms with Crippen molar-refractivity contribution in [2.45, 2.75) is 41.7 Å². The van der Waals surface area contributed by atoms with Crippen LogP contribution in [0.5, 0.6) is 0 Å². The Balaban J connectivity index is 1.78. The normalized spacial score (nSPS) is 19.4. The number of fused-ring (bicyclic) bond motifs is 2. The minimum atomic E-state index is -3.67. The lowest BCUT2D eigenvalue weighted by atomic mass is 10.2. The smallest absolute Gasteiger partial charge is 0.264 e. The van der Waals surface area contributed by atoms with Gasteiger partial charge in [0.1, 0.15) is 0 Å². The Kier molecular flexibility index (Phi) is 4.68. The lowest BCUT2D eigenvalue weighted by Crippen LogP contribution is -2.31. The van der Waals surface area contributed by atoms with Gasteiger partial charge in [0.15, 0.2) is 0 Å². The van der Waals surface area contributed by atoms with Crippen LogP contribution in [0.25, 0.3) is 0 Å². The van der Waals surface area contributed by atoms with Crippen molar-refractivity contribution in [2.24, 2.45) is 0 Å². The molecule has 142 valence electrons.